The van der Waals surface area contributed by atoms with E-state index in [1.165, 1.54) is 0 Å². The lowest BCUT2D eigenvalue weighted by molar-refractivity contribution is 0.0233. The van der Waals surface area contributed by atoms with E-state index >= 15 is 0 Å². The van der Waals surface area contributed by atoms with Gasteiger partial charge in [-0.3, -0.25) is 4.90 Å². The van der Waals surface area contributed by atoms with Gasteiger partial charge in [0.15, 0.2) is 0 Å². The van der Waals surface area contributed by atoms with E-state index in [9.17, 15) is 5.11 Å². The standard InChI is InChI=1S/C11H21NO4/c13-7-9-5-10(14)6-12(9)2-4-16-11-1-3-15-8-11/h9-11,13-14H,1-8H2/t9-,10+,11?/m0/s1. The molecule has 0 amide bonds. The van der Waals surface area contributed by atoms with Crippen molar-refractivity contribution in [3.8, 4) is 0 Å². The van der Waals surface area contributed by atoms with Crippen molar-refractivity contribution in [2.24, 2.45) is 0 Å². The Morgan fingerprint density at radius 3 is 3.00 bits per heavy atom. The van der Waals surface area contributed by atoms with Crippen molar-refractivity contribution in [1.29, 1.82) is 0 Å². The fraction of sp³-hybridized carbons (Fsp3) is 1.00. The van der Waals surface area contributed by atoms with Crippen molar-refractivity contribution >= 4 is 0 Å². The highest BCUT2D eigenvalue weighted by Crippen LogP contribution is 2.17. The zero-order valence-corrected chi connectivity index (χ0v) is 9.55. The van der Waals surface area contributed by atoms with E-state index in [0.29, 0.717) is 26.2 Å². The first-order valence-electron chi connectivity index (χ1n) is 6.02. The molecule has 2 aliphatic heterocycles. The maximum absolute atomic E-state index is 9.50. The van der Waals surface area contributed by atoms with Crippen molar-refractivity contribution in [1.82, 2.24) is 4.90 Å². The van der Waals surface area contributed by atoms with Gasteiger partial charge in [-0.25, -0.2) is 0 Å². The third-order valence-electron chi connectivity index (χ3n) is 3.34. The molecular formula is C11H21NO4. The molecular weight excluding hydrogens is 210 g/mol. The summed E-state index contributed by atoms with van der Waals surface area (Å²) in [5.74, 6) is 0. The molecule has 2 heterocycles. The summed E-state index contributed by atoms with van der Waals surface area (Å²) < 4.78 is 10.9. The first kappa shape index (κ1) is 12.3. The highest BCUT2D eigenvalue weighted by atomic mass is 16.5. The van der Waals surface area contributed by atoms with E-state index < -0.39 is 0 Å². The first-order chi connectivity index (χ1) is 7.79. The van der Waals surface area contributed by atoms with Crippen LogP contribution < -0.4 is 0 Å². The van der Waals surface area contributed by atoms with Gasteiger partial charge in [0.1, 0.15) is 0 Å². The van der Waals surface area contributed by atoms with E-state index in [4.69, 9.17) is 14.6 Å². The van der Waals surface area contributed by atoms with Gasteiger partial charge in [-0.1, -0.05) is 0 Å². The Kier molecular flexibility index (Phi) is 4.55. The third-order valence-corrected chi connectivity index (χ3v) is 3.34. The minimum atomic E-state index is -0.299. The first-order valence-corrected chi connectivity index (χ1v) is 6.02. The van der Waals surface area contributed by atoms with Crippen LogP contribution in [0.1, 0.15) is 12.8 Å². The smallest absolute Gasteiger partial charge is 0.0831 e. The molecule has 0 aliphatic carbocycles. The highest BCUT2D eigenvalue weighted by Gasteiger charge is 2.30. The van der Waals surface area contributed by atoms with Crippen LogP contribution in [-0.4, -0.2) is 72.9 Å². The summed E-state index contributed by atoms with van der Waals surface area (Å²) in [4.78, 5) is 2.10. The van der Waals surface area contributed by atoms with Gasteiger partial charge in [0.25, 0.3) is 0 Å². The second-order valence-corrected chi connectivity index (χ2v) is 4.58. The SMILES string of the molecule is OC[C@@H]1C[C@@H](O)CN1CCOC1CCOC1. The summed E-state index contributed by atoms with van der Waals surface area (Å²) in [6, 6.07) is 0.0958. The fourth-order valence-electron chi connectivity index (χ4n) is 2.40. The van der Waals surface area contributed by atoms with Crippen molar-refractivity contribution in [2.45, 2.75) is 31.1 Å². The second kappa shape index (κ2) is 5.93. The molecule has 0 aromatic rings. The summed E-state index contributed by atoms with van der Waals surface area (Å²) in [5.41, 5.74) is 0. The largest absolute Gasteiger partial charge is 0.395 e. The van der Waals surface area contributed by atoms with Crippen LogP contribution >= 0.6 is 0 Å². The summed E-state index contributed by atoms with van der Waals surface area (Å²) in [7, 11) is 0. The van der Waals surface area contributed by atoms with Gasteiger partial charge < -0.3 is 19.7 Å². The number of aliphatic hydroxyl groups excluding tert-OH is 2. The Balaban J connectivity index is 1.64. The van der Waals surface area contributed by atoms with Crippen LogP contribution in [0, 0.1) is 0 Å². The van der Waals surface area contributed by atoms with Gasteiger partial charge in [0.05, 0.1) is 32.0 Å². The average molecular weight is 231 g/mol. The molecule has 16 heavy (non-hydrogen) atoms. The maximum atomic E-state index is 9.50. The molecule has 2 N–H and O–H groups in total. The zero-order valence-electron chi connectivity index (χ0n) is 9.55. The van der Waals surface area contributed by atoms with Crippen LogP contribution in [0.4, 0.5) is 0 Å². The third kappa shape index (κ3) is 3.15. The van der Waals surface area contributed by atoms with Crippen LogP contribution in [0.25, 0.3) is 0 Å². The quantitative estimate of drug-likeness (QED) is 0.650. The predicted molar refractivity (Wildman–Crippen MR) is 58.2 cm³/mol. The Hall–Kier alpha value is -0.200. The molecule has 2 rings (SSSR count). The van der Waals surface area contributed by atoms with Crippen molar-refractivity contribution < 1.29 is 19.7 Å². The number of likely N-dealkylation sites (tertiary alicyclic amines) is 1. The van der Waals surface area contributed by atoms with Gasteiger partial charge in [-0.2, -0.15) is 0 Å². The monoisotopic (exact) mass is 231 g/mol. The molecule has 0 radical (unpaired) electrons. The van der Waals surface area contributed by atoms with Crippen LogP contribution in [-0.2, 0) is 9.47 Å². The van der Waals surface area contributed by atoms with Gasteiger partial charge in [0, 0.05) is 25.7 Å². The number of ether oxygens (including phenoxy) is 2. The Morgan fingerprint density at radius 1 is 1.44 bits per heavy atom. The number of hydrogen-bond acceptors (Lipinski definition) is 5. The summed E-state index contributed by atoms with van der Waals surface area (Å²) in [6.07, 6.45) is 1.59. The van der Waals surface area contributed by atoms with Crippen LogP contribution in [0.5, 0.6) is 0 Å². The fourth-order valence-corrected chi connectivity index (χ4v) is 2.40. The molecule has 0 aromatic heterocycles. The topological polar surface area (TPSA) is 62.2 Å². The summed E-state index contributed by atoms with van der Waals surface area (Å²) in [5, 5.41) is 18.6. The summed E-state index contributed by atoms with van der Waals surface area (Å²) in [6.45, 7) is 3.69. The molecule has 0 spiro atoms. The number of hydrogen-bond donors (Lipinski definition) is 2. The van der Waals surface area contributed by atoms with Crippen LogP contribution in [0.3, 0.4) is 0 Å². The van der Waals surface area contributed by atoms with E-state index in [0.717, 1.165) is 19.6 Å². The Morgan fingerprint density at radius 2 is 2.31 bits per heavy atom. The average Bonchev–Trinajstić information content (AvgIpc) is 2.88. The predicted octanol–water partition coefficient (Wildman–Crippen LogP) is -0.781. The van der Waals surface area contributed by atoms with E-state index in [2.05, 4.69) is 4.90 Å². The molecule has 0 saturated carbocycles. The van der Waals surface area contributed by atoms with Crippen molar-refractivity contribution in [3.05, 3.63) is 0 Å². The number of β-amino-alcohol motifs (C(OH)–C–C–N with tert-alkyl or cyclic N) is 1. The highest BCUT2D eigenvalue weighted by molar-refractivity contribution is 4.84. The zero-order chi connectivity index (χ0) is 11.4. The maximum Gasteiger partial charge on any atom is 0.0831 e. The molecule has 0 bridgehead atoms. The molecule has 94 valence electrons. The number of rotatable bonds is 5. The van der Waals surface area contributed by atoms with E-state index in [1.807, 2.05) is 0 Å². The van der Waals surface area contributed by atoms with Gasteiger partial charge in [-0.05, 0) is 12.8 Å². The van der Waals surface area contributed by atoms with E-state index in [1.54, 1.807) is 0 Å². The van der Waals surface area contributed by atoms with Crippen LogP contribution in [0.15, 0.2) is 0 Å². The molecule has 2 saturated heterocycles. The molecule has 5 nitrogen and oxygen atoms in total. The van der Waals surface area contributed by atoms with Gasteiger partial charge >= 0.3 is 0 Å². The molecule has 5 heteroatoms. The summed E-state index contributed by atoms with van der Waals surface area (Å²) >= 11 is 0. The lowest BCUT2D eigenvalue weighted by atomic mass is 10.2. The molecule has 1 unspecified atom stereocenters. The van der Waals surface area contributed by atoms with Gasteiger partial charge in [-0.15, -0.1) is 0 Å². The lowest BCUT2D eigenvalue weighted by Gasteiger charge is -2.22. The minimum Gasteiger partial charge on any atom is -0.395 e. The molecule has 3 atom stereocenters. The molecule has 2 aliphatic rings. The Labute approximate surface area is 96.0 Å². The number of nitrogens with zero attached hydrogens (tertiary/aromatic N) is 1. The second-order valence-electron chi connectivity index (χ2n) is 4.58. The van der Waals surface area contributed by atoms with Crippen molar-refractivity contribution in [2.75, 3.05) is 39.5 Å². The molecule has 2 fully saturated rings. The Bertz CT molecular complexity index is 208. The minimum absolute atomic E-state index is 0.0958. The van der Waals surface area contributed by atoms with Gasteiger partial charge in [0.2, 0.25) is 0 Å². The van der Waals surface area contributed by atoms with E-state index in [-0.39, 0.29) is 24.9 Å². The number of aliphatic hydroxyl groups is 2. The van der Waals surface area contributed by atoms with Crippen LogP contribution in [0.2, 0.25) is 0 Å². The normalized spacial score (nSPS) is 36.0. The molecule has 0 aromatic carbocycles. The van der Waals surface area contributed by atoms with Crippen molar-refractivity contribution in [3.63, 3.8) is 0 Å². The lowest BCUT2D eigenvalue weighted by Crippen LogP contribution is -2.36.